The highest BCUT2D eigenvalue weighted by Gasteiger charge is 2.37. The smallest absolute Gasteiger partial charge is 0.307 e. The van der Waals surface area contributed by atoms with Gasteiger partial charge in [-0.1, -0.05) is 43.1 Å². The van der Waals surface area contributed by atoms with E-state index in [1.54, 1.807) is 0 Å². The van der Waals surface area contributed by atoms with Crippen molar-refractivity contribution in [2.24, 2.45) is 17.7 Å². The minimum Gasteiger partial charge on any atom is -0.481 e. The molecule has 0 spiro atoms. The lowest BCUT2D eigenvalue weighted by Crippen LogP contribution is -2.33. The van der Waals surface area contributed by atoms with Gasteiger partial charge in [-0.25, -0.2) is 0 Å². The lowest BCUT2D eigenvalue weighted by Gasteiger charge is -2.22. The van der Waals surface area contributed by atoms with Crippen LogP contribution in [0.5, 0.6) is 0 Å². The number of benzene rings is 1. The van der Waals surface area contributed by atoms with Crippen LogP contribution in [0.4, 0.5) is 0 Å². The fourth-order valence-corrected chi connectivity index (χ4v) is 3.51. The Bertz CT molecular complexity index is 881. The van der Waals surface area contributed by atoms with Gasteiger partial charge in [-0.2, -0.15) is 0 Å². The highest BCUT2D eigenvalue weighted by molar-refractivity contribution is 5.82. The highest BCUT2D eigenvalue weighted by Crippen LogP contribution is 2.36. The normalized spacial score (nSPS) is 31.9. The molecule has 1 amide bonds. The molecule has 1 saturated carbocycles. The van der Waals surface area contributed by atoms with E-state index in [1.165, 1.54) is 4.90 Å². The summed E-state index contributed by atoms with van der Waals surface area (Å²) in [6.07, 6.45) is -0.145. The second-order valence-electron chi connectivity index (χ2n) is 6.19. The van der Waals surface area contributed by atoms with Crippen LogP contribution < -0.4 is 0 Å². The van der Waals surface area contributed by atoms with E-state index in [0.29, 0.717) is 24.9 Å². The number of likely N-dealkylation sites (tertiary alicyclic amines) is 1. The first kappa shape index (κ1) is 8.86. The van der Waals surface area contributed by atoms with Gasteiger partial charge >= 0.3 is 5.97 Å². The minimum absolute atomic E-state index is 0.320. The number of hydrogen-bond donors (Lipinski definition) is 1. The van der Waals surface area contributed by atoms with Gasteiger partial charge in [0, 0.05) is 23.6 Å². The minimum atomic E-state index is -3.23. The maximum absolute atomic E-state index is 12.9. The summed E-state index contributed by atoms with van der Waals surface area (Å²) in [4.78, 5) is 26.5. The molecule has 1 saturated heterocycles. The Morgan fingerprint density at radius 3 is 2.43 bits per heavy atom. The second kappa shape index (κ2) is 7.16. The van der Waals surface area contributed by atoms with Crippen molar-refractivity contribution >= 4 is 11.9 Å². The molecule has 0 radical (unpaired) electrons. The van der Waals surface area contributed by atoms with Crippen molar-refractivity contribution in [1.82, 2.24) is 4.90 Å². The van der Waals surface area contributed by atoms with E-state index in [4.69, 9.17) is 11.0 Å². The van der Waals surface area contributed by atoms with Crippen molar-refractivity contribution in [3.8, 4) is 0 Å². The third kappa shape index (κ3) is 3.92. The van der Waals surface area contributed by atoms with Gasteiger partial charge in [-0.15, -0.1) is 0 Å². The Balaban J connectivity index is 1.97. The number of carboxylic acids is 1. The molecule has 1 unspecified atom stereocenters. The van der Waals surface area contributed by atoms with E-state index in [2.05, 4.69) is 0 Å². The van der Waals surface area contributed by atoms with Crippen LogP contribution in [0, 0.1) is 17.7 Å². The summed E-state index contributed by atoms with van der Waals surface area (Å²) in [6.45, 7) is 0.883. The first-order chi connectivity index (χ1) is 14.3. The molecule has 0 bridgehead atoms. The number of amides is 1. The number of hydrogen-bond acceptors (Lipinski definition) is 2. The summed E-state index contributed by atoms with van der Waals surface area (Å²) in [5.41, 5.74) is -0.932. The zero-order valence-corrected chi connectivity index (χ0v) is 12.8. The fourth-order valence-electron chi connectivity index (χ4n) is 3.51. The van der Waals surface area contributed by atoms with Gasteiger partial charge in [0.15, 0.2) is 0 Å². The van der Waals surface area contributed by atoms with Gasteiger partial charge in [-0.05, 0) is 36.6 Å². The standard InChI is InChI=1S/C19H25NO3/c21-18(20-12-15-8-4-5-9-16(15)13-20)11-17(19(22)23)10-14-6-2-1-3-7-14/h1-3,6-7,15-17H,4-5,8-13H2,(H,22,23)/t15-,16+,17?/i1D,2D,3D,6D,7D,10D2,17D. The van der Waals surface area contributed by atoms with Crippen molar-refractivity contribution in [2.75, 3.05) is 13.1 Å². The van der Waals surface area contributed by atoms with E-state index in [0.717, 1.165) is 25.7 Å². The zero-order chi connectivity index (χ0) is 23.3. The van der Waals surface area contributed by atoms with Crippen LogP contribution in [0.15, 0.2) is 30.2 Å². The maximum Gasteiger partial charge on any atom is 0.307 e. The molecule has 4 nitrogen and oxygen atoms in total. The third-order valence-electron chi connectivity index (χ3n) is 4.69. The summed E-state index contributed by atoms with van der Waals surface area (Å²) < 4.78 is 64.3. The van der Waals surface area contributed by atoms with Gasteiger partial charge < -0.3 is 10.0 Å². The Labute approximate surface area is 148 Å². The van der Waals surface area contributed by atoms with Gasteiger partial charge in [0.25, 0.3) is 0 Å². The van der Waals surface area contributed by atoms with Crippen LogP contribution in [0.3, 0.4) is 0 Å². The highest BCUT2D eigenvalue weighted by atomic mass is 16.4. The van der Waals surface area contributed by atoms with Crippen molar-refractivity contribution in [2.45, 2.75) is 38.5 Å². The summed E-state index contributed by atoms with van der Waals surface area (Å²) in [6, 6.07) is -4.26. The second-order valence-corrected chi connectivity index (χ2v) is 6.19. The molecule has 1 aromatic rings. The number of aliphatic carboxylic acids is 1. The molecular weight excluding hydrogens is 290 g/mol. The van der Waals surface area contributed by atoms with Gasteiger partial charge in [-0.3, -0.25) is 9.59 Å². The monoisotopic (exact) mass is 323 g/mol. The van der Waals surface area contributed by atoms with E-state index >= 15 is 0 Å². The molecule has 124 valence electrons. The number of carbonyl (C=O) groups is 2. The molecule has 0 aromatic heterocycles. The fraction of sp³-hybridized carbons (Fsp3) is 0.579. The van der Waals surface area contributed by atoms with Gasteiger partial charge in [0.2, 0.25) is 5.91 Å². The van der Waals surface area contributed by atoms with Gasteiger partial charge in [0.1, 0.15) is 0 Å². The Hall–Kier alpha value is -1.84. The Morgan fingerprint density at radius 2 is 1.87 bits per heavy atom. The molecule has 1 heterocycles. The molecule has 1 aliphatic carbocycles. The number of carbonyl (C=O) groups excluding carboxylic acids is 1. The van der Waals surface area contributed by atoms with Crippen LogP contribution in [-0.4, -0.2) is 35.0 Å². The first-order valence-corrected chi connectivity index (χ1v) is 7.91. The molecule has 4 heteroatoms. The van der Waals surface area contributed by atoms with Crippen molar-refractivity contribution in [3.05, 3.63) is 35.8 Å². The molecule has 1 aromatic carbocycles. The molecule has 3 atom stereocenters. The first-order valence-electron chi connectivity index (χ1n) is 11.9. The van der Waals surface area contributed by atoms with Crippen molar-refractivity contribution < 1.29 is 25.7 Å². The van der Waals surface area contributed by atoms with E-state index in [-0.39, 0.29) is 0 Å². The number of carboxylic acid groups (broad SMARTS) is 1. The molecule has 3 rings (SSSR count). The third-order valence-corrected chi connectivity index (χ3v) is 4.69. The molecule has 2 fully saturated rings. The number of nitrogens with zero attached hydrogens (tertiary/aromatic N) is 1. The maximum atomic E-state index is 12.9. The predicted molar refractivity (Wildman–Crippen MR) is 87.9 cm³/mol. The SMILES string of the molecule is [2H]c1c([2H])c([2H])c(C([2H])([2H])C([2H])(CC(=O)N2C[C@H]3CCCC[C@H]3C2)C(=O)O)c([2H])c1[2H]. The quantitative estimate of drug-likeness (QED) is 0.906. The molecular formula is C19H25NO3. The lowest BCUT2D eigenvalue weighted by atomic mass is 9.82. The van der Waals surface area contributed by atoms with E-state index in [1.807, 2.05) is 0 Å². The van der Waals surface area contributed by atoms with Crippen LogP contribution in [0.2, 0.25) is 0 Å². The predicted octanol–water partition coefficient (Wildman–Crippen LogP) is 2.97. The van der Waals surface area contributed by atoms with Crippen molar-refractivity contribution in [1.29, 1.82) is 0 Å². The van der Waals surface area contributed by atoms with E-state index in [9.17, 15) is 14.7 Å². The van der Waals surface area contributed by atoms with Crippen LogP contribution in [0.1, 0.15) is 48.6 Å². The average Bonchev–Trinajstić information content (AvgIpc) is 3.15. The van der Waals surface area contributed by atoms with E-state index < -0.39 is 66.3 Å². The van der Waals surface area contributed by atoms with Crippen molar-refractivity contribution in [3.63, 3.8) is 0 Å². The lowest BCUT2D eigenvalue weighted by molar-refractivity contribution is -0.145. The largest absolute Gasteiger partial charge is 0.481 e. The van der Waals surface area contributed by atoms with Crippen LogP contribution in [-0.2, 0) is 16.0 Å². The molecule has 23 heavy (non-hydrogen) atoms. The summed E-state index contributed by atoms with van der Waals surface area (Å²) in [5.74, 6) is -5.05. The Kier molecular flexibility index (Phi) is 2.76. The molecule has 2 aliphatic rings. The molecule has 1 aliphatic heterocycles. The number of fused-ring (bicyclic) bond motifs is 1. The average molecular weight is 323 g/mol. The van der Waals surface area contributed by atoms with Gasteiger partial charge in [0.05, 0.1) is 12.7 Å². The topological polar surface area (TPSA) is 57.6 Å². The Morgan fingerprint density at radius 1 is 1.26 bits per heavy atom. The zero-order valence-electron chi connectivity index (χ0n) is 20.8. The number of rotatable bonds is 5. The molecule has 1 N–H and O–H groups in total. The van der Waals surface area contributed by atoms with Crippen LogP contribution >= 0.6 is 0 Å². The van der Waals surface area contributed by atoms with Crippen LogP contribution in [0.25, 0.3) is 0 Å². The summed E-state index contributed by atoms with van der Waals surface area (Å²) in [5, 5.41) is 9.75. The summed E-state index contributed by atoms with van der Waals surface area (Å²) in [7, 11) is 0. The summed E-state index contributed by atoms with van der Waals surface area (Å²) >= 11 is 0.